The number of nitriles is 1. The fourth-order valence-electron chi connectivity index (χ4n) is 2.13. The van der Waals surface area contributed by atoms with Gasteiger partial charge in [0.1, 0.15) is 5.82 Å². The van der Waals surface area contributed by atoms with Crippen LogP contribution in [0.15, 0.2) is 18.3 Å². The van der Waals surface area contributed by atoms with Crippen LogP contribution in [0.25, 0.3) is 0 Å². The Morgan fingerprint density at radius 2 is 2.40 bits per heavy atom. The first kappa shape index (κ1) is 9.97. The average molecular weight is 201 g/mol. The lowest BCUT2D eigenvalue weighted by Crippen LogP contribution is -2.22. The SMILES string of the molecule is CC1CCCC1Nc1cc(C#N)ccn1. The third kappa shape index (κ3) is 2.27. The maximum atomic E-state index is 8.77. The van der Waals surface area contributed by atoms with Crippen LogP contribution in [0.2, 0.25) is 0 Å². The van der Waals surface area contributed by atoms with Crippen LogP contribution in [0.5, 0.6) is 0 Å². The van der Waals surface area contributed by atoms with Crippen LogP contribution in [-0.2, 0) is 0 Å². The number of nitrogens with zero attached hydrogens (tertiary/aromatic N) is 2. The zero-order valence-electron chi connectivity index (χ0n) is 8.90. The molecule has 0 spiro atoms. The van der Waals surface area contributed by atoms with Gasteiger partial charge >= 0.3 is 0 Å². The molecule has 0 saturated heterocycles. The smallest absolute Gasteiger partial charge is 0.127 e. The molecule has 0 aromatic carbocycles. The Morgan fingerprint density at radius 1 is 1.53 bits per heavy atom. The summed E-state index contributed by atoms with van der Waals surface area (Å²) in [4.78, 5) is 4.22. The second-order valence-corrected chi connectivity index (χ2v) is 4.20. The third-order valence-corrected chi connectivity index (χ3v) is 3.08. The monoisotopic (exact) mass is 201 g/mol. The summed E-state index contributed by atoms with van der Waals surface area (Å²) >= 11 is 0. The van der Waals surface area contributed by atoms with Crippen LogP contribution in [0, 0.1) is 17.2 Å². The van der Waals surface area contributed by atoms with Crippen LogP contribution in [0.1, 0.15) is 31.7 Å². The van der Waals surface area contributed by atoms with Gasteiger partial charge in [0, 0.05) is 12.2 Å². The number of hydrogen-bond acceptors (Lipinski definition) is 3. The number of nitrogens with one attached hydrogen (secondary N) is 1. The van der Waals surface area contributed by atoms with E-state index in [0.717, 1.165) is 5.82 Å². The van der Waals surface area contributed by atoms with Gasteiger partial charge < -0.3 is 5.32 Å². The average Bonchev–Trinajstić information content (AvgIpc) is 2.65. The topological polar surface area (TPSA) is 48.7 Å². The molecule has 2 unspecified atom stereocenters. The van der Waals surface area contributed by atoms with Crippen LogP contribution in [0.4, 0.5) is 5.82 Å². The van der Waals surface area contributed by atoms with Gasteiger partial charge in [-0.05, 0) is 30.9 Å². The van der Waals surface area contributed by atoms with Crippen LogP contribution in [-0.4, -0.2) is 11.0 Å². The standard InChI is InChI=1S/C12H15N3/c1-9-3-2-4-11(9)15-12-7-10(8-13)5-6-14-12/h5-7,9,11H,2-4H2,1H3,(H,14,15). The maximum Gasteiger partial charge on any atom is 0.127 e. The quantitative estimate of drug-likeness (QED) is 0.800. The molecule has 0 amide bonds. The molecule has 1 saturated carbocycles. The molecule has 3 heteroatoms. The van der Waals surface area contributed by atoms with Gasteiger partial charge in [-0.2, -0.15) is 5.26 Å². The molecule has 1 heterocycles. The van der Waals surface area contributed by atoms with Crippen LogP contribution >= 0.6 is 0 Å². The van der Waals surface area contributed by atoms with Gasteiger partial charge in [-0.15, -0.1) is 0 Å². The fourth-order valence-corrected chi connectivity index (χ4v) is 2.13. The molecule has 1 aromatic heterocycles. The molecule has 1 fully saturated rings. The van der Waals surface area contributed by atoms with Gasteiger partial charge in [0.2, 0.25) is 0 Å². The minimum Gasteiger partial charge on any atom is -0.367 e. The van der Waals surface area contributed by atoms with E-state index < -0.39 is 0 Å². The van der Waals surface area contributed by atoms with E-state index in [0.29, 0.717) is 17.5 Å². The lowest BCUT2D eigenvalue weighted by molar-refractivity contribution is 0.555. The van der Waals surface area contributed by atoms with Crippen molar-refractivity contribution in [2.75, 3.05) is 5.32 Å². The normalized spacial score (nSPS) is 24.8. The van der Waals surface area contributed by atoms with Crippen molar-refractivity contribution in [2.24, 2.45) is 5.92 Å². The van der Waals surface area contributed by atoms with Gasteiger partial charge in [0.25, 0.3) is 0 Å². The Labute approximate surface area is 90.1 Å². The number of anilines is 1. The summed E-state index contributed by atoms with van der Waals surface area (Å²) in [6.45, 7) is 2.26. The van der Waals surface area contributed by atoms with Crippen LogP contribution < -0.4 is 5.32 Å². The Balaban J connectivity index is 2.07. The number of aromatic nitrogens is 1. The highest BCUT2D eigenvalue weighted by atomic mass is 15.0. The van der Waals surface area contributed by atoms with Crippen molar-refractivity contribution >= 4 is 5.82 Å². The molecule has 2 atom stereocenters. The van der Waals surface area contributed by atoms with Crippen molar-refractivity contribution in [1.82, 2.24) is 4.98 Å². The summed E-state index contributed by atoms with van der Waals surface area (Å²) in [5, 5.41) is 12.2. The Bertz CT molecular complexity index is 381. The molecule has 1 aliphatic carbocycles. The number of rotatable bonds is 2. The molecular weight excluding hydrogens is 186 g/mol. The first-order valence-corrected chi connectivity index (χ1v) is 5.42. The number of pyridine rings is 1. The lowest BCUT2D eigenvalue weighted by Gasteiger charge is -2.17. The predicted octanol–water partition coefficient (Wildman–Crippen LogP) is 2.55. The summed E-state index contributed by atoms with van der Waals surface area (Å²) in [5.74, 6) is 1.53. The maximum absolute atomic E-state index is 8.77. The summed E-state index contributed by atoms with van der Waals surface area (Å²) in [5.41, 5.74) is 0.665. The summed E-state index contributed by atoms with van der Waals surface area (Å²) in [6.07, 6.45) is 5.46. The van der Waals surface area contributed by atoms with E-state index in [4.69, 9.17) is 5.26 Å². The molecule has 3 nitrogen and oxygen atoms in total. The molecular formula is C12H15N3. The van der Waals surface area contributed by atoms with E-state index in [1.54, 1.807) is 12.3 Å². The highest BCUT2D eigenvalue weighted by Gasteiger charge is 2.23. The van der Waals surface area contributed by atoms with Crippen molar-refractivity contribution in [3.05, 3.63) is 23.9 Å². The van der Waals surface area contributed by atoms with E-state index in [1.807, 2.05) is 6.07 Å². The highest BCUT2D eigenvalue weighted by Crippen LogP contribution is 2.27. The summed E-state index contributed by atoms with van der Waals surface area (Å²) in [7, 11) is 0. The molecule has 15 heavy (non-hydrogen) atoms. The number of hydrogen-bond donors (Lipinski definition) is 1. The molecule has 78 valence electrons. The van der Waals surface area contributed by atoms with E-state index in [2.05, 4.69) is 23.3 Å². The van der Waals surface area contributed by atoms with Gasteiger partial charge in [0.05, 0.1) is 11.6 Å². The van der Waals surface area contributed by atoms with Crippen molar-refractivity contribution in [3.8, 4) is 6.07 Å². The zero-order valence-corrected chi connectivity index (χ0v) is 8.90. The minimum atomic E-state index is 0.520. The molecule has 2 rings (SSSR count). The molecule has 0 aliphatic heterocycles. The predicted molar refractivity (Wildman–Crippen MR) is 59.4 cm³/mol. The summed E-state index contributed by atoms with van der Waals surface area (Å²) < 4.78 is 0. The Morgan fingerprint density at radius 3 is 3.07 bits per heavy atom. The van der Waals surface area contributed by atoms with Crippen molar-refractivity contribution in [3.63, 3.8) is 0 Å². The molecule has 1 aromatic rings. The van der Waals surface area contributed by atoms with E-state index >= 15 is 0 Å². The minimum absolute atomic E-state index is 0.520. The van der Waals surface area contributed by atoms with Crippen molar-refractivity contribution in [2.45, 2.75) is 32.2 Å². The van der Waals surface area contributed by atoms with Gasteiger partial charge in [0.15, 0.2) is 0 Å². The molecule has 0 bridgehead atoms. The van der Waals surface area contributed by atoms with E-state index in [1.165, 1.54) is 19.3 Å². The van der Waals surface area contributed by atoms with Gasteiger partial charge in [-0.25, -0.2) is 4.98 Å². The van der Waals surface area contributed by atoms with Crippen LogP contribution in [0.3, 0.4) is 0 Å². The third-order valence-electron chi connectivity index (χ3n) is 3.08. The fraction of sp³-hybridized carbons (Fsp3) is 0.500. The molecule has 0 radical (unpaired) electrons. The van der Waals surface area contributed by atoms with E-state index in [-0.39, 0.29) is 0 Å². The van der Waals surface area contributed by atoms with Crippen molar-refractivity contribution in [1.29, 1.82) is 5.26 Å². The molecule has 1 aliphatic rings. The van der Waals surface area contributed by atoms with E-state index in [9.17, 15) is 0 Å². The molecule has 1 N–H and O–H groups in total. The first-order valence-electron chi connectivity index (χ1n) is 5.42. The second kappa shape index (κ2) is 4.31. The Hall–Kier alpha value is -1.56. The largest absolute Gasteiger partial charge is 0.367 e. The van der Waals surface area contributed by atoms with Crippen molar-refractivity contribution < 1.29 is 0 Å². The second-order valence-electron chi connectivity index (χ2n) is 4.20. The van der Waals surface area contributed by atoms with Gasteiger partial charge in [-0.3, -0.25) is 0 Å². The lowest BCUT2D eigenvalue weighted by atomic mass is 10.1. The van der Waals surface area contributed by atoms with Gasteiger partial charge in [-0.1, -0.05) is 13.3 Å². The Kier molecular flexibility index (Phi) is 2.86. The first-order chi connectivity index (χ1) is 7.29. The zero-order chi connectivity index (χ0) is 10.7. The highest BCUT2D eigenvalue weighted by molar-refractivity contribution is 5.43. The summed E-state index contributed by atoms with van der Waals surface area (Å²) in [6, 6.07) is 6.18.